The summed E-state index contributed by atoms with van der Waals surface area (Å²) >= 11 is 0. The fraction of sp³-hybridized carbons (Fsp3) is 0.526. The highest BCUT2D eigenvalue weighted by molar-refractivity contribution is 5.92. The predicted octanol–water partition coefficient (Wildman–Crippen LogP) is 3.28. The van der Waals surface area contributed by atoms with Gasteiger partial charge in [-0.1, -0.05) is 6.92 Å². The first-order valence-corrected chi connectivity index (χ1v) is 9.15. The highest BCUT2D eigenvalue weighted by atomic mass is 16.3. The van der Waals surface area contributed by atoms with Crippen molar-refractivity contribution in [2.75, 3.05) is 24.5 Å². The van der Waals surface area contributed by atoms with Gasteiger partial charge in [0.15, 0.2) is 11.5 Å². The molecule has 2 atom stereocenters. The zero-order valence-electron chi connectivity index (χ0n) is 14.6. The topological polar surface area (TPSA) is 62.5 Å². The lowest BCUT2D eigenvalue weighted by Gasteiger charge is -2.37. The molecule has 2 aliphatic heterocycles. The molecule has 0 saturated carbocycles. The van der Waals surface area contributed by atoms with E-state index in [4.69, 9.17) is 4.42 Å². The van der Waals surface area contributed by atoms with Crippen LogP contribution in [0.5, 0.6) is 0 Å². The van der Waals surface area contributed by atoms with Crippen LogP contribution >= 0.6 is 0 Å². The predicted molar refractivity (Wildman–Crippen MR) is 94.4 cm³/mol. The third kappa shape index (κ3) is 3.25. The number of carbonyl (C=O) groups excluding carboxylic acids is 1. The second-order valence-electron chi connectivity index (χ2n) is 7.13. The number of hydrogen-bond acceptors (Lipinski definition) is 5. The molecule has 0 aliphatic carbocycles. The van der Waals surface area contributed by atoms with Crippen molar-refractivity contribution < 1.29 is 9.21 Å². The summed E-state index contributed by atoms with van der Waals surface area (Å²) in [6, 6.07) is 7.53. The number of nitrogens with zero attached hydrogens (tertiary/aromatic N) is 4. The van der Waals surface area contributed by atoms with Crippen LogP contribution in [-0.4, -0.2) is 40.6 Å². The maximum Gasteiger partial charge on any atom is 0.274 e. The van der Waals surface area contributed by atoms with Crippen molar-refractivity contribution in [1.29, 1.82) is 0 Å². The Morgan fingerprint density at radius 1 is 1.16 bits per heavy atom. The molecule has 6 heteroatoms. The van der Waals surface area contributed by atoms with E-state index in [0.717, 1.165) is 44.1 Å². The van der Waals surface area contributed by atoms with Gasteiger partial charge in [-0.2, -0.15) is 0 Å². The molecule has 4 rings (SSSR count). The number of rotatable bonds is 3. The Bertz CT molecular complexity index is 708. The van der Waals surface area contributed by atoms with E-state index in [9.17, 15) is 4.79 Å². The summed E-state index contributed by atoms with van der Waals surface area (Å²) in [5.74, 6) is 2.22. The summed E-state index contributed by atoms with van der Waals surface area (Å²) in [7, 11) is 0. The number of aromatic nitrogens is 2. The molecule has 0 spiro atoms. The molecule has 2 fully saturated rings. The van der Waals surface area contributed by atoms with Gasteiger partial charge in [0.05, 0.1) is 12.3 Å². The largest absolute Gasteiger partial charge is 0.467 e. The molecule has 0 N–H and O–H groups in total. The molecule has 132 valence electrons. The Labute approximate surface area is 147 Å². The molecule has 0 radical (unpaired) electrons. The van der Waals surface area contributed by atoms with Crippen LogP contribution in [0.4, 0.5) is 5.82 Å². The maximum atomic E-state index is 13.0. The van der Waals surface area contributed by atoms with Crippen LogP contribution in [0, 0.1) is 5.92 Å². The van der Waals surface area contributed by atoms with Gasteiger partial charge in [-0.15, -0.1) is 10.2 Å². The summed E-state index contributed by atoms with van der Waals surface area (Å²) in [6.07, 6.45) is 5.97. The van der Waals surface area contributed by atoms with E-state index >= 15 is 0 Å². The number of piperidine rings is 1. The van der Waals surface area contributed by atoms with Gasteiger partial charge in [-0.25, -0.2) is 0 Å². The Hall–Kier alpha value is -2.37. The number of amides is 1. The summed E-state index contributed by atoms with van der Waals surface area (Å²) in [5.41, 5.74) is 0.411. The van der Waals surface area contributed by atoms with Gasteiger partial charge in [-0.05, 0) is 55.9 Å². The first kappa shape index (κ1) is 16.1. The first-order chi connectivity index (χ1) is 12.2. The van der Waals surface area contributed by atoms with Crippen LogP contribution in [0.25, 0.3) is 0 Å². The third-order valence-electron chi connectivity index (χ3n) is 5.30. The second kappa shape index (κ2) is 6.86. The summed E-state index contributed by atoms with van der Waals surface area (Å²) in [6.45, 7) is 4.99. The first-order valence-electron chi connectivity index (χ1n) is 9.15. The minimum Gasteiger partial charge on any atom is -0.467 e. The monoisotopic (exact) mass is 340 g/mol. The van der Waals surface area contributed by atoms with E-state index in [1.165, 1.54) is 12.8 Å². The van der Waals surface area contributed by atoms with Crippen LogP contribution in [0.15, 0.2) is 34.9 Å². The fourth-order valence-corrected chi connectivity index (χ4v) is 3.84. The Morgan fingerprint density at radius 2 is 2.00 bits per heavy atom. The molecular weight excluding hydrogens is 316 g/mol. The molecule has 4 heterocycles. The zero-order chi connectivity index (χ0) is 17.2. The summed E-state index contributed by atoms with van der Waals surface area (Å²) in [5, 5.41) is 8.50. The molecule has 0 aromatic carbocycles. The van der Waals surface area contributed by atoms with E-state index < -0.39 is 0 Å². The highest BCUT2D eigenvalue weighted by Crippen LogP contribution is 2.35. The van der Waals surface area contributed by atoms with Crippen molar-refractivity contribution in [3.05, 3.63) is 42.0 Å². The van der Waals surface area contributed by atoms with Crippen molar-refractivity contribution in [3.63, 3.8) is 0 Å². The van der Waals surface area contributed by atoms with Crippen LogP contribution in [0.2, 0.25) is 0 Å². The molecule has 2 aliphatic rings. The maximum absolute atomic E-state index is 13.0. The number of carbonyl (C=O) groups is 1. The molecule has 2 aromatic rings. The average Bonchev–Trinajstić information content (AvgIpc) is 3.35. The lowest BCUT2D eigenvalue weighted by molar-refractivity contribution is 0.0514. The Morgan fingerprint density at radius 3 is 2.68 bits per heavy atom. The molecular formula is C19H24N4O2. The number of hydrogen-bond donors (Lipinski definition) is 0. The van der Waals surface area contributed by atoms with E-state index in [1.807, 2.05) is 23.1 Å². The summed E-state index contributed by atoms with van der Waals surface area (Å²) in [4.78, 5) is 17.1. The van der Waals surface area contributed by atoms with Crippen LogP contribution in [-0.2, 0) is 0 Å². The van der Waals surface area contributed by atoms with Gasteiger partial charge in [0.25, 0.3) is 5.91 Å². The number of anilines is 1. The second-order valence-corrected chi connectivity index (χ2v) is 7.13. The van der Waals surface area contributed by atoms with Gasteiger partial charge in [0.2, 0.25) is 0 Å². The quantitative estimate of drug-likeness (QED) is 0.858. The van der Waals surface area contributed by atoms with Gasteiger partial charge in [-0.3, -0.25) is 4.79 Å². The molecule has 25 heavy (non-hydrogen) atoms. The lowest BCUT2D eigenvalue weighted by atomic mass is 9.91. The SMILES string of the molecule is C[C@@H]1CCN(C(=O)c2ccc(N3CCCC3)nn2)[C@@H](c2ccco2)C1. The van der Waals surface area contributed by atoms with Crippen molar-refractivity contribution in [2.24, 2.45) is 5.92 Å². The van der Waals surface area contributed by atoms with Gasteiger partial charge < -0.3 is 14.2 Å². The zero-order valence-corrected chi connectivity index (χ0v) is 14.6. The van der Waals surface area contributed by atoms with Crippen molar-refractivity contribution in [1.82, 2.24) is 15.1 Å². The smallest absolute Gasteiger partial charge is 0.274 e. The Kier molecular flexibility index (Phi) is 4.42. The highest BCUT2D eigenvalue weighted by Gasteiger charge is 2.34. The van der Waals surface area contributed by atoms with E-state index in [1.54, 1.807) is 12.3 Å². The molecule has 1 amide bonds. The van der Waals surface area contributed by atoms with E-state index in [-0.39, 0.29) is 11.9 Å². The Balaban J connectivity index is 1.54. The van der Waals surface area contributed by atoms with Crippen LogP contribution in [0.1, 0.15) is 54.9 Å². The molecule has 6 nitrogen and oxygen atoms in total. The molecule has 0 unspecified atom stereocenters. The minimum atomic E-state index is -0.0613. The van der Waals surface area contributed by atoms with Crippen LogP contribution in [0.3, 0.4) is 0 Å². The van der Waals surface area contributed by atoms with Gasteiger partial charge >= 0.3 is 0 Å². The number of furan rings is 1. The van der Waals surface area contributed by atoms with Gasteiger partial charge in [0, 0.05) is 19.6 Å². The summed E-state index contributed by atoms with van der Waals surface area (Å²) < 4.78 is 5.59. The molecule has 2 saturated heterocycles. The number of likely N-dealkylation sites (tertiary alicyclic amines) is 1. The van der Waals surface area contributed by atoms with Crippen molar-refractivity contribution in [2.45, 2.75) is 38.6 Å². The van der Waals surface area contributed by atoms with Crippen molar-refractivity contribution in [3.8, 4) is 0 Å². The van der Waals surface area contributed by atoms with Crippen LogP contribution < -0.4 is 4.90 Å². The normalized spacial score (nSPS) is 23.9. The molecule has 2 aromatic heterocycles. The standard InChI is InChI=1S/C19H24N4O2/c1-14-8-11-23(16(13-14)17-5-4-12-25-17)19(24)15-6-7-18(21-20-15)22-9-2-3-10-22/h4-7,12,14,16H,2-3,8-11,13H2,1H3/t14-,16-/m1/s1. The molecule has 0 bridgehead atoms. The fourth-order valence-electron chi connectivity index (χ4n) is 3.84. The third-order valence-corrected chi connectivity index (χ3v) is 5.30. The lowest BCUT2D eigenvalue weighted by Crippen LogP contribution is -2.41. The van der Waals surface area contributed by atoms with E-state index in [2.05, 4.69) is 22.0 Å². The van der Waals surface area contributed by atoms with Gasteiger partial charge in [0.1, 0.15) is 5.76 Å². The minimum absolute atomic E-state index is 0.0219. The average molecular weight is 340 g/mol. The van der Waals surface area contributed by atoms with Crippen molar-refractivity contribution >= 4 is 11.7 Å². The van der Waals surface area contributed by atoms with E-state index in [0.29, 0.717) is 11.6 Å².